The molecule has 0 bridgehead atoms. The van der Waals surface area contributed by atoms with Crippen LogP contribution in [0.5, 0.6) is 0 Å². The molecule has 1 unspecified atom stereocenters. The molecule has 0 nitrogen and oxygen atoms in total. The molecule has 0 saturated heterocycles. The van der Waals surface area contributed by atoms with Crippen LogP contribution in [0.25, 0.3) is 0 Å². The van der Waals surface area contributed by atoms with E-state index in [1.165, 1.54) is 33.4 Å². The van der Waals surface area contributed by atoms with Crippen molar-refractivity contribution in [3.8, 4) is 0 Å². The monoisotopic (exact) mass is 508 g/mol. The van der Waals surface area contributed by atoms with Crippen LogP contribution >= 0.6 is 24.8 Å². The molecule has 0 amide bonds. The molecule has 0 N–H and O–H groups in total. The summed E-state index contributed by atoms with van der Waals surface area (Å²) in [6.07, 6.45) is 6.79. The Bertz CT molecular complexity index is 506. The smallest absolute Gasteiger partial charge is 0 e. The second kappa shape index (κ2) is 10.3. The van der Waals surface area contributed by atoms with E-state index in [1.807, 2.05) is 0 Å². The van der Waals surface area contributed by atoms with Crippen molar-refractivity contribution in [3.05, 3.63) is 45.6 Å². The maximum absolute atomic E-state index is 3.44. The molecule has 0 radical (unpaired) electrons. The number of allylic oxidation sites excluding steroid dienone is 8. The van der Waals surface area contributed by atoms with Gasteiger partial charge in [0.05, 0.1) is 0 Å². The molecule has 0 aliphatic heterocycles. The van der Waals surface area contributed by atoms with E-state index in [4.69, 9.17) is 0 Å². The Labute approximate surface area is 169 Å². The molecule has 2 aliphatic carbocycles. The van der Waals surface area contributed by atoms with Crippen LogP contribution in [0.3, 0.4) is 0 Å². The molecule has 2 aliphatic rings. The van der Waals surface area contributed by atoms with Gasteiger partial charge in [0.15, 0.2) is 0 Å². The number of hydrogen-bond acceptors (Lipinski definition) is 0. The van der Waals surface area contributed by atoms with Crippen molar-refractivity contribution in [1.82, 2.24) is 0 Å². The zero-order chi connectivity index (χ0) is 15.0. The van der Waals surface area contributed by atoms with E-state index < -0.39 is 0 Å². The predicted molar refractivity (Wildman–Crippen MR) is 99.0 cm³/mol. The van der Waals surface area contributed by atoms with E-state index in [2.05, 4.69) is 74.5 Å². The van der Waals surface area contributed by atoms with E-state index in [0.29, 0.717) is 5.92 Å². The zero-order valence-corrected chi connectivity index (χ0v) is 20.6. The standard InChI is InChI=1S/C10H15.C9H13.2ClH.Hf/c1-7-6-10(4,5)9(3)8(7)2;1-6-5-7(2)9(4)8(6)3;;;/h1-5H3;6H,1-4H3;2*1H;/q2*-1;;;. The largest absolute Gasteiger partial charge is 0.266 e. The first kappa shape index (κ1) is 27.3. The van der Waals surface area contributed by atoms with Gasteiger partial charge in [-0.3, -0.25) is 12.2 Å². The topological polar surface area (TPSA) is 0 Å². The van der Waals surface area contributed by atoms with Crippen molar-refractivity contribution >= 4 is 24.8 Å². The minimum Gasteiger partial charge on any atom is -0.266 e. The van der Waals surface area contributed by atoms with Gasteiger partial charge in [-0.05, 0) is 0 Å². The Morgan fingerprint density at radius 1 is 0.818 bits per heavy atom. The number of halogens is 2. The second-order valence-corrected chi connectivity index (χ2v) is 6.42. The first-order chi connectivity index (χ1) is 8.58. The third kappa shape index (κ3) is 6.13. The van der Waals surface area contributed by atoms with Gasteiger partial charge in [0.1, 0.15) is 0 Å². The third-order valence-electron chi connectivity index (χ3n) is 4.80. The summed E-state index contributed by atoms with van der Waals surface area (Å²) in [6.45, 7) is 19.6. The molecule has 0 aromatic carbocycles. The van der Waals surface area contributed by atoms with Gasteiger partial charge in [-0.15, -0.1) is 38.7 Å². The van der Waals surface area contributed by atoms with Crippen molar-refractivity contribution in [2.45, 2.75) is 62.3 Å². The molecule has 0 fully saturated rings. The second-order valence-electron chi connectivity index (χ2n) is 6.42. The molecule has 126 valence electrons. The summed E-state index contributed by atoms with van der Waals surface area (Å²) in [7, 11) is 0. The maximum Gasteiger partial charge on any atom is 0 e. The van der Waals surface area contributed by atoms with Gasteiger partial charge < -0.3 is 0 Å². The summed E-state index contributed by atoms with van der Waals surface area (Å²) in [5.74, 6) is 0.560. The summed E-state index contributed by atoms with van der Waals surface area (Å²) in [6, 6.07) is 0. The van der Waals surface area contributed by atoms with Gasteiger partial charge in [0, 0.05) is 25.8 Å². The van der Waals surface area contributed by atoms with Gasteiger partial charge in [-0.2, -0.15) is 22.3 Å². The maximum atomic E-state index is 3.44. The Morgan fingerprint density at radius 3 is 1.36 bits per heavy atom. The molecule has 0 heterocycles. The zero-order valence-electron chi connectivity index (χ0n) is 15.4. The quantitative estimate of drug-likeness (QED) is 0.254. The minimum absolute atomic E-state index is 0. The van der Waals surface area contributed by atoms with Crippen LogP contribution in [0.4, 0.5) is 0 Å². The first-order valence-corrected chi connectivity index (χ1v) is 7.15. The summed E-state index contributed by atoms with van der Waals surface area (Å²) in [4.78, 5) is 0. The van der Waals surface area contributed by atoms with Crippen molar-refractivity contribution in [1.29, 1.82) is 0 Å². The fourth-order valence-corrected chi connectivity index (χ4v) is 2.57. The van der Waals surface area contributed by atoms with Crippen LogP contribution in [0, 0.1) is 23.5 Å². The normalized spacial score (nSPS) is 21.8. The molecule has 0 aromatic rings. The Hall–Kier alpha value is 0.410. The SMILES string of the molecule is CC1=[C-]C(C)(C)C(C)=C1C.CC1=[C-]C(C)C(C)=C1C.Cl.Cl.[Hf]. The van der Waals surface area contributed by atoms with E-state index in [-0.39, 0.29) is 56.1 Å². The average molecular weight is 508 g/mol. The molecule has 0 saturated carbocycles. The molecular weight excluding hydrogens is 478 g/mol. The van der Waals surface area contributed by atoms with Crippen molar-refractivity contribution < 1.29 is 25.8 Å². The van der Waals surface area contributed by atoms with Crippen LogP contribution < -0.4 is 0 Å². The van der Waals surface area contributed by atoms with Crippen molar-refractivity contribution in [2.75, 3.05) is 0 Å². The van der Waals surface area contributed by atoms with Gasteiger partial charge in [0.2, 0.25) is 0 Å². The van der Waals surface area contributed by atoms with Crippen LogP contribution in [0.2, 0.25) is 0 Å². The van der Waals surface area contributed by atoms with E-state index in [9.17, 15) is 0 Å². The number of rotatable bonds is 0. The average Bonchev–Trinajstić information content (AvgIpc) is 2.63. The summed E-state index contributed by atoms with van der Waals surface area (Å²) in [5, 5.41) is 0. The van der Waals surface area contributed by atoms with Gasteiger partial charge in [-0.1, -0.05) is 59.8 Å². The molecule has 0 spiro atoms. The Kier molecular flexibility index (Phi) is 12.8. The fraction of sp³-hybridized carbons (Fsp3) is 0.579. The van der Waals surface area contributed by atoms with E-state index in [1.54, 1.807) is 0 Å². The molecule has 2 rings (SSSR count). The van der Waals surface area contributed by atoms with E-state index >= 15 is 0 Å². The van der Waals surface area contributed by atoms with Gasteiger partial charge >= 0.3 is 0 Å². The molecule has 0 aromatic heterocycles. The minimum atomic E-state index is 0. The fourth-order valence-electron chi connectivity index (χ4n) is 2.57. The van der Waals surface area contributed by atoms with Crippen LogP contribution in [-0.2, 0) is 25.8 Å². The summed E-state index contributed by atoms with van der Waals surface area (Å²) in [5.41, 5.74) is 8.64. The molecular formula is C19H30Cl2Hf-2. The number of hydrogen-bond donors (Lipinski definition) is 0. The molecule has 3 heteroatoms. The summed E-state index contributed by atoms with van der Waals surface area (Å²) >= 11 is 0. The molecule has 22 heavy (non-hydrogen) atoms. The van der Waals surface area contributed by atoms with Crippen LogP contribution in [0.15, 0.2) is 33.4 Å². The van der Waals surface area contributed by atoms with Crippen LogP contribution in [-0.4, -0.2) is 0 Å². The van der Waals surface area contributed by atoms with Crippen molar-refractivity contribution in [3.63, 3.8) is 0 Å². The third-order valence-corrected chi connectivity index (χ3v) is 4.80. The van der Waals surface area contributed by atoms with E-state index in [0.717, 1.165) is 0 Å². The first-order valence-electron chi connectivity index (χ1n) is 7.15. The van der Waals surface area contributed by atoms with Gasteiger partial charge in [-0.25, -0.2) is 11.1 Å². The molecule has 1 atom stereocenters. The Morgan fingerprint density at radius 2 is 1.27 bits per heavy atom. The van der Waals surface area contributed by atoms with Crippen LogP contribution in [0.1, 0.15) is 62.3 Å². The van der Waals surface area contributed by atoms with Gasteiger partial charge in [0.25, 0.3) is 0 Å². The van der Waals surface area contributed by atoms with Crippen molar-refractivity contribution in [2.24, 2.45) is 11.3 Å². The predicted octanol–water partition coefficient (Wildman–Crippen LogP) is 6.68. The summed E-state index contributed by atoms with van der Waals surface area (Å²) < 4.78 is 0. The Balaban J connectivity index is -0.000000290.